The van der Waals surface area contributed by atoms with E-state index in [-0.39, 0.29) is 6.71 Å². The average molecular weight is 1040 g/mol. The first-order valence-electron chi connectivity index (χ1n) is 28.3. The van der Waals surface area contributed by atoms with Crippen LogP contribution >= 0.6 is 0 Å². The minimum atomic E-state index is -0.345. The molecule has 0 aliphatic heterocycles. The second-order valence-electron chi connectivity index (χ2n) is 21.0. The number of anilines is 9. The highest BCUT2D eigenvalue weighted by atomic mass is 15.2. The molecule has 384 valence electrons. The topological polar surface area (TPSA) is 9.72 Å². The molecule has 0 aliphatic carbocycles. The zero-order valence-electron chi connectivity index (χ0n) is 45.1. The first kappa shape index (κ1) is 48.5. The van der Waals surface area contributed by atoms with Gasteiger partial charge in [-0.1, -0.05) is 271 Å². The number of hydrogen-bond acceptors (Lipinski definition) is 3. The molecule has 0 radical (unpaired) electrons. The van der Waals surface area contributed by atoms with Crippen LogP contribution in [0.3, 0.4) is 0 Å². The van der Waals surface area contributed by atoms with Gasteiger partial charge in [0.25, 0.3) is 0 Å². The quantitative estimate of drug-likeness (QED) is 0.0892. The molecular formula is C78H54BN3. The zero-order chi connectivity index (χ0) is 54.3. The molecule has 0 atom stereocenters. The summed E-state index contributed by atoms with van der Waals surface area (Å²) in [6, 6.07) is 120. The third-order valence-electron chi connectivity index (χ3n) is 16.5. The summed E-state index contributed by atoms with van der Waals surface area (Å²) in [5, 5.41) is 14.2. The van der Waals surface area contributed by atoms with E-state index in [0.717, 1.165) is 51.2 Å². The largest absolute Gasteiger partial charge is 0.309 e. The molecule has 0 bridgehead atoms. The van der Waals surface area contributed by atoms with Crippen molar-refractivity contribution in [2.75, 3.05) is 14.7 Å². The van der Waals surface area contributed by atoms with Gasteiger partial charge >= 0.3 is 0 Å². The highest BCUT2D eigenvalue weighted by molar-refractivity contribution is 7.03. The minimum absolute atomic E-state index is 0.345. The van der Waals surface area contributed by atoms with E-state index in [4.69, 9.17) is 0 Å². The maximum absolute atomic E-state index is 2.46. The van der Waals surface area contributed by atoms with Gasteiger partial charge in [-0.2, -0.15) is 0 Å². The summed E-state index contributed by atoms with van der Waals surface area (Å²) >= 11 is 0. The van der Waals surface area contributed by atoms with Crippen molar-refractivity contribution in [1.29, 1.82) is 0 Å². The Morgan fingerprint density at radius 2 is 0.280 bits per heavy atom. The summed E-state index contributed by atoms with van der Waals surface area (Å²) in [4.78, 5) is 7.39. The molecule has 0 amide bonds. The van der Waals surface area contributed by atoms with Crippen molar-refractivity contribution >= 4 is 139 Å². The molecule has 3 nitrogen and oxygen atoms in total. The smallest absolute Gasteiger partial charge is 0.246 e. The second kappa shape index (κ2) is 20.8. The van der Waals surface area contributed by atoms with Crippen LogP contribution in [0.1, 0.15) is 0 Å². The maximum Gasteiger partial charge on any atom is 0.246 e. The van der Waals surface area contributed by atoms with Gasteiger partial charge in [0, 0.05) is 66.4 Å². The fourth-order valence-corrected chi connectivity index (χ4v) is 13.2. The van der Waals surface area contributed by atoms with Crippen molar-refractivity contribution in [1.82, 2.24) is 0 Å². The Hall–Kier alpha value is -10.7. The summed E-state index contributed by atoms with van der Waals surface area (Å²) in [6.07, 6.45) is 0. The Bertz CT molecular complexity index is 4030. The first-order valence-corrected chi connectivity index (χ1v) is 28.3. The number of nitrogens with zero attached hydrogens (tertiary/aromatic N) is 3. The highest BCUT2D eigenvalue weighted by Crippen LogP contribution is 2.48. The molecule has 4 heteroatoms. The number of hydrogen-bond donors (Lipinski definition) is 0. The molecule has 15 aromatic carbocycles. The van der Waals surface area contributed by atoms with E-state index in [1.54, 1.807) is 0 Å². The van der Waals surface area contributed by atoms with Crippen molar-refractivity contribution < 1.29 is 0 Å². The summed E-state index contributed by atoms with van der Waals surface area (Å²) < 4.78 is 0. The Morgan fingerprint density at radius 1 is 0.146 bits per heavy atom. The third kappa shape index (κ3) is 8.15. The normalized spacial score (nSPS) is 11.4. The molecule has 0 aliphatic rings. The van der Waals surface area contributed by atoms with E-state index in [1.165, 1.54) is 81.0 Å². The Labute approximate surface area is 478 Å². The lowest BCUT2D eigenvalue weighted by molar-refractivity contribution is 1.31. The summed E-state index contributed by atoms with van der Waals surface area (Å²) in [5.74, 6) is 0. The lowest BCUT2D eigenvalue weighted by Crippen LogP contribution is -2.54. The molecule has 15 rings (SSSR count). The van der Waals surface area contributed by atoms with E-state index in [9.17, 15) is 0 Å². The van der Waals surface area contributed by atoms with Gasteiger partial charge in [-0.15, -0.1) is 0 Å². The predicted molar refractivity (Wildman–Crippen MR) is 353 cm³/mol. The molecular weight excluding hydrogens is 990 g/mol. The molecule has 0 saturated heterocycles. The van der Waals surface area contributed by atoms with Crippen LogP contribution in [-0.4, -0.2) is 6.71 Å². The molecule has 82 heavy (non-hydrogen) atoms. The fraction of sp³-hybridized carbons (Fsp3) is 0. The lowest BCUT2D eigenvalue weighted by atomic mass is 9.33. The molecule has 0 heterocycles. The van der Waals surface area contributed by atoms with Crippen molar-refractivity contribution in [3.8, 4) is 0 Å². The van der Waals surface area contributed by atoms with Crippen LogP contribution in [0, 0.1) is 0 Å². The molecule has 0 aromatic heterocycles. The van der Waals surface area contributed by atoms with Gasteiger partial charge in [0.1, 0.15) is 0 Å². The standard InChI is InChI=1S/C78H54BN3/c1-7-31-55(32-8-1)80(56-33-9-2-10-34-56)76-67-49-25-19-43-61(67)73(62-44-20-26-50-68(62)76)79(74-63-45-21-27-51-69(63)77(70-52-28-22-46-64(70)74)81(57-35-11-3-12-36-57)58-37-13-4-14-38-58)75-65-47-23-29-53-71(65)78(72-54-30-24-48-66(72)75)82(59-39-15-5-16-40-59)60-41-17-6-18-42-60/h1-54H. The first-order chi connectivity index (χ1) is 40.8. The minimum Gasteiger partial charge on any atom is -0.309 e. The van der Waals surface area contributed by atoms with Crippen molar-refractivity contribution in [2.24, 2.45) is 0 Å². The number of fused-ring (bicyclic) bond motifs is 6. The zero-order valence-corrected chi connectivity index (χ0v) is 45.1. The van der Waals surface area contributed by atoms with Crippen LogP contribution in [0.5, 0.6) is 0 Å². The van der Waals surface area contributed by atoms with E-state index in [1.807, 2.05) is 0 Å². The highest BCUT2D eigenvalue weighted by Gasteiger charge is 2.37. The predicted octanol–water partition coefficient (Wildman–Crippen LogP) is 19.5. The van der Waals surface area contributed by atoms with Crippen LogP contribution in [0.4, 0.5) is 51.2 Å². The van der Waals surface area contributed by atoms with Crippen molar-refractivity contribution in [2.45, 2.75) is 0 Å². The molecule has 15 aromatic rings. The van der Waals surface area contributed by atoms with E-state index in [2.05, 4.69) is 342 Å². The second-order valence-corrected chi connectivity index (χ2v) is 21.0. The Balaban J connectivity index is 1.15. The third-order valence-corrected chi connectivity index (χ3v) is 16.5. The lowest BCUT2D eigenvalue weighted by Gasteiger charge is -2.34. The van der Waals surface area contributed by atoms with E-state index < -0.39 is 0 Å². The SMILES string of the molecule is c1ccc(N(c2ccccc2)c2c3ccccc3c(B(c3c4ccccc4c(N(c4ccccc4)c4ccccc4)c4ccccc34)c3c4ccccc4c(N(c4ccccc4)c4ccccc4)c4ccccc34)c3ccccc23)cc1. The Morgan fingerprint density at radius 3 is 0.439 bits per heavy atom. The van der Waals surface area contributed by atoms with Gasteiger partial charge in [0.15, 0.2) is 0 Å². The van der Waals surface area contributed by atoms with Crippen LogP contribution in [0.15, 0.2) is 328 Å². The summed E-state index contributed by atoms with van der Waals surface area (Å²) in [6.45, 7) is -0.345. The van der Waals surface area contributed by atoms with Gasteiger partial charge in [-0.3, -0.25) is 0 Å². The van der Waals surface area contributed by atoms with Gasteiger partial charge in [-0.05, 0) is 105 Å². The summed E-state index contributed by atoms with van der Waals surface area (Å²) in [5.41, 5.74) is 13.8. The van der Waals surface area contributed by atoms with Crippen LogP contribution in [0.2, 0.25) is 0 Å². The molecule has 0 saturated carbocycles. The fourth-order valence-electron chi connectivity index (χ4n) is 13.2. The van der Waals surface area contributed by atoms with E-state index in [0.29, 0.717) is 0 Å². The van der Waals surface area contributed by atoms with Gasteiger partial charge in [0.2, 0.25) is 6.71 Å². The van der Waals surface area contributed by atoms with Crippen LogP contribution in [0.25, 0.3) is 64.6 Å². The van der Waals surface area contributed by atoms with Gasteiger partial charge in [-0.25, -0.2) is 0 Å². The number of benzene rings is 15. The molecule has 0 unspecified atom stereocenters. The average Bonchev–Trinajstić information content (AvgIpc) is 2.29. The van der Waals surface area contributed by atoms with Crippen molar-refractivity contribution in [3.05, 3.63) is 328 Å². The molecule has 0 spiro atoms. The maximum atomic E-state index is 2.46. The van der Waals surface area contributed by atoms with Crippen LogP contribution in [-0.2, 0) is 0 Å². The van der Waals surface area contributed by atoms with Gasteiger partial charge in [0.05, 0.1) is 17.1 Å². The molecule has 0 fully saturated rings. The van der Waals surface area contributed by atoms with Crippen LogP contribution < -0.4 is 31.1 Å². The summed E-state index contributed by atoms with van der Waals surface area (Å²) in [7, 11) is 0. The monoisotopic (exact) mass is 1040 g/mol. The number of rotatable bonds is 12. The molecule has 0 N–H and O–H groups in total. The Kier molecular flexibility index (Phi) is 12.3. The van der Waals surface area contributed by atoms with E-state index >= 15 is 0 Å². The van der Waals surface area contributed by atoms with Gasteiger partial charge < -0.3 is 14.7 Å². The number of para-hydroxylation sites is 6. The van der Waals surface area contributed by atoms with Crippen molar-refractivity contribution in [3.63, 3.8) is 0 Å².